The van der Waals surface area contributed by atoms with E-state index in [1.165, 1.54) is 0 Å². The van der Waals surface area contributed by atoms with Gasteiger partial charge in [0.2, 0.25) is 5.91 Å². The molecule has 19 heavy (non-hydrogen) atoms. The summed E-state index contributed by atoms with van der Waals surface area (Å²) in [7, 11) is 3.53. The van der Waals surface area contributed by atoms with Gasteiger partial charge >= 0.3 is 0 Å². The maximum atomic E-state index is 12.2. The highest BCUT2D eigenvalue weighted by Gasteiger charge is 2.26. The van der Waals surface area contributed by atoms with Gasteiger partial charge in [-0.15, -0.1) is 0 Å². The quantitative estimate of drug-likeness (QED) is 0.812. The number of hydrogen-bond donors (Lipinski definition) is 1. The summed E-state index contributed by atoms with van der Waals surface area (Å²) in [6.07, 6.45) is 3.75. The van der Waals surface area contributed by atoms with Crippen molar-refractivity contribution >= 4 is 11.7 Å². The largest absolute Gasteiger partial charge is 0.359 e. The topological polar surface area (TPSA) is 54.3 Å². The van der Waals surface area contributed by atoms with Gasteiger partial charge in [-0.3, -0.25) is 14.5 Å². The molecule has 1 fully saturated rings. The molecule has 0 saturated carbocycles. The second-order valence-electron chi connectivity index (χ2n) is 5.12. The van der Waals surface area contributed by atoms with Gasteiger partial charge in [-0.1, -0.05) is 0 Å². The molecule has 1 aliphatic heterocycles. The molecule has 0 spiro atoms. The highest BCUT2D eigenvalue weighted by atomic mass is 16.2. The molecule has 1 N–H and O–H groups in total. The van der Waals surface area contributed by atoms with Crippen molar-refractivity contribution in [3.63, 3.8) is 0 Å². The first kappa shape index (κ1) is 13.8. The van der Waals surface area contributed by atoms with Crippen LogP contribution in [0.1, 0.15) is 23.3 Å². The number of nitrogens with zero attached hydrogens (tertiary/aromatic N) is 2. The van der Waals surface area contributed by atoms with Crippen LogP contribution in [-0.2, 0) is 11.8 Å². The standard InChI is InChI=1S/C14H21N3O2/c1-15-14(19)11-5-3-8-17(9-11)10-13(18)12-6-4-7-16(12)2/h4,6-7,11H,3,5,8-10H2,1-2H3,(H,15,19). The van der Waals surface area contributed by atoms with E-state index in [1.54, 1.807) is 7.05 Å². The fourth-order valence-corrected chi connectivity index (χ4v) is 2.65. The van der Waals surface area contributed by atoms with E-state index in [0.717, 1.165) is 25.1 Å². The molecule has 2 rings (SSSR count). The minimum absolute atomic E-state index is 0.0139. The van der Waals surface area contributed by atoms with Gasteiger partial charge in [0.05, 0.1) is 18.2 Å². The Hall–Kier alpha value is -1.62. The lowest BCUT2D eigenvalue weighted by Crippen LogP contribution is -2.44. The Labute approximate surface area is 113 Å². The fraction of sp³-hybridized carbons (Fsp3) is 0.571. The average molecular weight is 263 g/mol. The number of ketones is 1. The summed E-state index contributed by atoms with van der Waals surface area (Å²) in [6, 6.07) is 3.71. The summed E-state index contributed by atoms with van der Waals surface area (Å²) in [5.41, 5.74) is 0.724. The van der Waals surface area contributed by atoms with Gasteiger partial charge in [0, 0.05) is 26.8 Å². The molecule has 1 saturated heterocycles. The van der Waals surface area contributed by atoms with E-state index in [9.17, 15) is 9.59 Å². The van der Waals surface area contributed by atoms with E-state index in [0.29, 0.717) is 13.1 Å². The molecule has 1 aromatic rings. The van der Waals surface area contributed by atoms with Gasteiger partial charge in [-0.25, -0.2) is 0 Å². The lowest BCUT2D eigenvalue weighted by atomic mass is 9.97. The number of carbonyl (C=O) groups excluding carboxylic acids is 2. The molecule has 1 aliphatic rings. The van der Waals surface area contributed by atoms with E-state index in [-0.39, 0.29) is 17.6 Å². The Morgan fingerprint density at radius 1 is 1.47 bits per heavy atom. The predicted molar refractivity (Wildman–Crippen MR) is 73.0 cm³/mol. The summed E-state index contributed by atoms with van der Waals surface area (Å²) in [4.78, 5) is 25.9. The minimum atomic E-state index is 0.0139. The fourth-order valence-electron chi connectivity index (χ4n) is 2.65. The summed E-state index contributed by atoms with van der Waals surface area (Å²) in [5, 5.41) is 2.69. The van der Waals surface area contributed by atoms with Crippen molar-refractivity contribution in [3.8, 4) is 0 Å². The normalized spacial score (nSPS) is 20.2. The van der Waals surface area contributed by atoms with Crippen LogP contribution in [0.25, 0.3) is 0 Å². The lowest BCUT2D eigenvalue weighted by Gasteiger charge is -2.31. The smallest absolute Gasteiger partial charge is 0.224 e. The molecular weight excluding hydrogens is 242 g/mol. The van der Waals surface area contributed by atoms with Crippen molar-refractivity contribution in [1.82, 2.24) is 14.8 Å². The van der Waals surface area contributed by atoms with E-state index >= 15 is 0 Å². The van der Waals surface area contributed by atoms with Crippen LogP contribution in [0, 0.1) is 5.92 Å². The average Bonchev–Trinajstić information content (AvgIpc) is 2.84. The maximum Gasteiger partial charge on any atom is 0.224 e. The number of rotatable bonds is 4. The number of amides is 1. The molecule has 2 heterocycles. The molecule has 5 nitrogen and oxygen atoms in total. The Balaban J connectivity index is 1.94. The zero-order valence-corrected chi connectivity index (χ0v) is 11.6. The molecule has 104 valence electrons. The van der Waals surface area contributed by atoms with Crippen molar-refractivity contribution in [2.45, 2.75) is 12.8 Å². The molecule has 0 radical (unpaired) electrons. The van der Waals surface area contributed by atoms with Crippen molar-refractivity contribution in [3.05, 3.63) is 24.0 Å². The molecule has 1 unspecified atom stereocenters. The molecular formula is C14H21N3O2. The van der Waals surface area contributed by atoms with Crippen LogP contribution < -0.4 is 5.32 Å². The van der Waals surface area contributed by atoms with Gasteiger partial charge in [-0.2, -0.15) is 0 Å². The van der Waals surface area contributed by atoms with Crippen LogP contribution in [0.15, 0.2) is 18.3 Å². The summed E-state index contributed by atoms with van der Waals surface area (Å²) < 4.78 is 1.84. The number of piperidine rings is 1. The summed E-state index contributed by atoms with van der Waals surface area (Å²) in [6.45, 7) is 1.96. The number of likely N-dealkylation sites (tertiary alicyclic amines) is 1. The van der Waals surface area contributed by atoms with E-state index in [1.807, 2.05) is 29.9 Å². The Morgan fingerprint density at radius 2 is 2.26 bits per heavy atom. The number of aromatic nitrogens is 1. The highest BCUT2D eigenvalue weighted by Crippen LogP contribution is 2.17. The highest BCUT2D eigenvalue weighted by molar-refractivity contribution is 5.96. The lowest BCUT2D eigenvalue weighted by molar-refractivity contribution is -0.126. The summed E-state index contributed by atoms with van der Waals surface area (Å²) in [5.74, 6) is 0.209. The van der Waals surface area contributed by atoms with Crippen LogP contribution in [0.3, 0.4) is 0 Å². The zero-order chi connectivity index (χ0) is 13.8. The monoisotopic (exact) mass is 263 g/mol. The van der Waals surface area contributed by atoms with Crippen molar-refractivity contribution < 1.29 is 9.59 Å². The molecule has 0 aliphatic carbocycles. The second kappa shape index (κ2) is 6.02. The number of Topliss-reactive ketones (excluding diaryl/α,β-unsaturated/α-hetero) is 1. The number of hydrogen-bond acceptors (Lipinski definition) is 3. The Morgan fingerprint density at radius 3 is 2.89 bits per heavy atom. The minimum Gasteiger partial charge on any atom is -0.359 e. The first-order chi connectivity index (χ1) is 9.11. The first-order valence-corrected chi connectivity index (χ1v) is 6.70. The Kier molecular flexibility index (Phi) is 4.37. The molecule has 1 amide bonds. The number of carbonyl (C=O) groups is 2. The maximum absolute atomic E-state index is 12.2. The van der Waals surface area contributed by atoms with Crippen molar-refractivity contribution in [1.29, 1.82) is 0 Å². The molecule has 1 atom stereocenters. The van der Waals surface area contributed by atoms with Crippen molar-refractivity contribution in [2.75, 3.05) is 26.7 Å². The zero-order valence-electron chi connectivity index (χ0n) is 11.6. The number of nitrogens with one attached hydrogen (secondary N) is 1. The van der Waals surface area contributed by atoms with Crippen LogP contribution >= 0.6 is 0 Å². The third-order valence-corrected chi connectivity index (χ3v) is 3.72. The second-order valence-corrected chi connectivity index (χ2v) is 5.12. The first-order valence-electron chi connectivity index (χ1n) is 6.70. The molecule has 0 aromatic carbocycles. The van der Waals surface area contributed by atoms with Crippen LogP contribution in [0.5, 0.6) is 0 Å². The van der Waals surface area contributed by atoms with Gasteiger partial charge in [0.1, 0.15) is 0 Å². The van der Waals surface area contributed by atoms with Gasteiger partial charge in [0.25, 0.3) is 0 Å². The van der Waals surface area contributed by atoms with Gasteiger partial charge in [-0.05, 0) is 31.5 Å². The van der Waals surface area contributed by atoms with Crippen LogP contribution in [-0.4, -0.2) is 47.8 Å². The Bertz CT molecular complexity index is 467. The van der Waals surface area contributed by atoms with E-state index in [4.69, 9.17) is 0 Å². The van der Waals surface area contributed by atoms with E-state index < -0.39 is 0 Å². The summed E-state index contributed by atoms with van der Waals surface area (Å²) >= 11 is 0. The van der Waals surface area contributed by atoms with Gasteiger partial charge in [0.15, 0.2) is 5.78 Å². The third-order valence-electron chi connectivity index (χ3n) is 3.72. The van der Waals surface area contributed by atoms with Crippen LogP contribution in [0.2, 0.25) is 0 Å². The van der Waals surface area contributed by atoms with E-state index in [2.05, 4.69) is 10.2 Å². The van der Waals surface area contributed by atoms with Crippen LogP contribution in [0.4, 0.5) is 0 Å². The molecule has 0 bridgehead atoms. The SMILES string of the molecule is CNC(=O)C1CCCN(CC(=O)c2cccn2C)C1. The molecule has 5 heteroatoms. The molecule has 1 aromatic heterocycles. The number of aryl methyl sites for hydroxylation is 1. The van der Waals surface area contributed by atoms with Crippen molar-refractivity contribution in [2.24, 2.45) is 13.0 Å². The third kappa shape index (κ3) is 3.23. The van der Waals surface area contributed by atoms with Gasteiger partial charge < -0.3 is 9.88 Å². The predicted octanol–water partition coefficient (Wildman–Crippen LogP) is 0.666.